The number of nitrogens with two attached hydrogens (primary N) is 1. The van der Waals surface area contributed by atoms with Crippen LogP contribution in [0.1, 0.15) is 41.8 Å². The monoisotopic (exact) mass is 412 g/mol. The van der Waals surface area contributed by atoms with Crippen LogP contribution in [0.15, 0.2) is 42.5 Å². The van der Waals surface area contributed by atoms with Gasteiger partial charge >= 0.3 is 5.97 Å². The predicted molar refractivity (Wildman–Crippen MR) is 112 cm³/mol. The van der Waals surface area contributed by atoms with Gasteiger partial charge in [0.1, 0.15) is 30.1 Å². The number of esters is 1. The quantitative estimate of drug-likeness (QED) is 0.705. The van der Waals surface area contributed by atoms with E-state index >= 15 is 0 Å². The second kappa shape index (κ2) is 8.93. The summed E-state index contributed by atoms with van der Waals surface area (Å²) >= 11 is 0. The number of hydrogen-bond donors (Lipinski definition) is 2. The first kappa shape index (κ1) is 20.5. The third-order valence-electron chi connectivity index (χ3n) is 5.51. The first-order valence-electron chi connectivity index (χ1n) is 10.4. The molecule has 4 rings (SSSR count). The Morgan fingerprint density at radius 1 is 1.23 bits per heavy atom. The second-order valence-corrected chi connectivity index (χ2v) is 7.96. The molecule has 0 aliphatic carbocycles. The minimum atomic E-state index is -0.691. The lowest BCUT2D eigenvalue weighted by atomic mass is 10.0. The van der Waals surface area contributed by atoms with Crippen molar-refractivity contribution in [3.05, 3.63) is 53.6 Å². The van der Waals surface area contributed by atoms with E-state index in [0.717, 1.165) is 31.5 Å². The summed E-state index contributed by atoms with van der Waals surface area (Å²) in [6.45, 7) is 5.03. The third-order valence-corrected chi connectivity index (χ3v) is 5.51. The van der Waals surface area contributed by atoms with Gasteiger partial charge in [-0.25, -0.2) is 4.79 Å². The number of rotatable bonds is 6. The average molecular weight is 412 g/mol. The van der Waals surface area contributed by atoms with Crippen molar-refractivity contribution in [1.29, 1.82) is 0 Å². The van der Waals surface area contributed by atoms with Gasteiger partial charge in [-0.15, -0.1) is 0 Å². The van der Waals surface area contributed by atoms with E-state index in [1.807, 2.05) is 25.1 Å². The molecule has 2 aliphatic rings. The van der Waals surface area contributed by atoms with Gasteiger partial charge in [0, 0.05) is 6.54 Å². The lowest BCUT2D eigenvalue weighted by Crippen LogP contribution is -2.42. The molecule has 0 amide bonds. The fourth-order valence-electron chi connectivity index (χ4n) is 3.96. The van der Waals surface area contributed by atoms with Crippen LogP contribution in [0.2, 0.25) is 0 Å². The summed E-state index contributed by atoms with van der Waals surface area (Å²) in [7, 11) is 0. The van der Waals surface area contributed by atoms with Gasteiger partial charge in [-0.05, 0) is 62.7 Å². The van der Waals surface area contributed by atoms with Crippen molar-refractivity contribution in [2.24, 2.45) is 5.73 Å². The zero-order valence-corrected chi connectivity index (χ0v) is 17.1. The van der Waals surface area contributed by atoms with E-state index in [4.69, 9.17) is 19.9 Å². The number of carbonyl (C=O) groups is 1. The van der Waals surface area contributed by atoms with E-state index in [2.05, 4.69) is 4.90 Å². The molecule has 1 saturated heterocycles. The van der Waals surface area contributed by atoms with Gasteiger partial charge in [0.15, 0.2) is 11.5 Å². The van der Waals surface area contributed by atoms with Crippen LogP contribution < -0.4 is 15.2 Å². The van der Waals surface area contributed by atoms with Crippen LogP contribution in [0, 0.1) is 0 Å². The van der Waals surface area contributed by atoms with Crippen LogP contribution in [-0.2, 0) is 4.74 Å². The molecule has 0 spiro atoms. The highest BCUT2D eigenvalue weighted by Crippen LogP contribution is 2.36. The summed E-state index contributed by atoms with van der Waals surface area (Å²) in [5.74, 6) is 0.544. The molecule has 2 aromatic rings. The molecular weight excluding hydrogens is 384 g/mol. The fraction of sp³-hybridized carbons (Fsp3) is 0.435. The molecule has 3 atom stereocenters. The number of para-hydroxylation sites is 1. The summed E-state index contributed by atoms with van der Waals surface area (Å²) in [5.41, 5.74) is 7.40. The van der Waals surface area contributed by atoms with E-state index in [1.54, 1.807) is 12.1 Å². The molecule has 0 radical (unpaired) electrons. The number of phenolic OH excluding ortho intramolecular Hbond substituents is 1. The van der Waals surface area contributed by atoms with Crippen molar-refractivity contribution in [2.75, 3.05) is 26.2 Å². The zero-order valence-electron chi connectivity index (χ0n) is 17.1. The highest BCUT2D eigenvalue weighted by atomic mass is 16.6. The van der Waals surface area contributed by atoms with Crippen LogP contribution in [0.5, 0.6) is 17.2 Å². The van der Waals surface area contributed by atoms with E-state index < -0.39 is 18.1 Å². The molecule has 1 fully saturated rings. The number of hydrogen-bond acceptors (Lipinski definition) is 7. The van der Waals surface area contributed by atoms with E-state index in [-0.39, 0.29) is 17.4 Å². The van der Waals surface area contributed by atoms with Crippen LogP contribution in [0.3, 0.4) is 0 Å². The average Bonchev–Trinajstić information content (AvgIpc) is 3.24. The summed E-state index contributed by atoms with van der Waals surface area (Å²) < 4.78 is 17.4. The van der Waals surface area contributed by atoms with Crippen molar-refractivity contribution < 1.29 is 24.1 Å². The number of fused-ring (bicyclic) bond motifs is 1. The molecule has 0 aromatic heterocycles. The standard InChI is InChI=1S/C23H28N2O5/c1-15-14-28-20-9-8-16(12-21(20)29-15)22(18(24)13-25-10-4-5-11-25)30-23(27)17-6-2-3-7-19(17)26/h2-3,6-9,12,15,18,22,26H,4-5,10-11,13-14,24H2,1H3/t15-,18-,22-/m1/s1. The van der Waals surface area contributed by atoms with E-state index in [9.17, 15) is 9.90 Å². The Morgan fingerprint density at radius 3 is 2.77 bits per heavy atom. The van der Waals surface area contributed by atoms with Gasteiger partial charge in [0.2, 0.25) is 0 Å². The maximum absolute atomic E-state index is 12.8. The molecule has 2 aromatic carbocycles. The first-order valence-corrected chi connectivity index (χ1v) is 10.4. The largest absolute Gasteiger partial charge is 0.507 e. The van der Waals surface area contributed by atoms with Crippen LogP contribution >= 0.6 is 0 Å². The van der Waals surface area contributed by atoms with Crippen LogP contribution in [0.25, 0.3) is 0 Å². The molecule has 0 unspecified atom stereocenters. The van der Waals surface area contributed by atoms with Crippen molar-refractivity contribution >= 4 is 5.97 Å². The maximum atomic E-state index is 12.8. The Morgan fingerprint density at radius 2 is 2.00 bits per heavy atom. The lowest BCUT2D eigenvalue weighted by molar-refractivity contribution is 0.0197. The van der Waals surface area contributed by atoms with Crippen LogP contribution in [-0.4, -0.2) is 54.4 Å². The Hall–Kier alpha value is -2.77. The summed E-state index contributed by atoms with van der Waals surface area (Å²) in [6.07, 6.45) is 1.55. The van der Waals surface area contributed by atoms with Crippen molar-refractivity contribution in [1.82, 2.24) is 4.90 Å². The van der Waals surface area contributed by atoms with Gasteiger partial charge in [-0.3, -0.25) is 0 Å². The number of ether oxygens (including phenoxy) is 3. The maximum Gasteiger partial charge on any atom is 0.342 e. The number of carbonyl (C=O) groups excluding carboxylic acids is 1. The topological polar surface area (TPSA) is 94.2 Å². The van der Waals surface area contributed by atoms with E-state index in [0.29, 0.717) is 24.7 Å². The number of benzene rings is 2. The second-order valence-electron chi connectivity index (χ2n) is 7.96. The molecule has 2 heterocycles. The van der Waals surface area contributed by atoms with Gasteiger partial charge < -0.3 is 30.0 Å². The molecule has 160 valence electrons. The lowest BCUT2D eigenvalue weighted by Gasteiger charge is -2.30. The minimum Gasteiger partial charge on any atom is -0.507 e. The van der Waals surface area contributed by atoms with Gasteiger partial charge in [-0.2, -0.15) is 0 Å². The highest BCUT2D eigenvalue weighted by molar-refractivity contribution is 5.92. The number of phenols is 1. The minimum absolute atomic E-state index is 0.0618. The highest BCUT2D eigenvalue weighted by Gasteiger charge is 2.30. The molecule has 30 heavy (non-hydrogen) atoms. The SMILES string of the molecule is C[C@@H]1COc2ccc([C@@H](OC(=O)c3ccccc3O)[C@H](N)CN3CCCC3)cc2O1. The molecule has 7 nitrogen and oxygen atoms in total. The summed E-state index contributed by atoms with van der Waals surface area (Å²) in [4.78, 5) is 15.1. The number of aromatic hydroxyl groups is 1. The molecule has 0 saturated carbocycles. The van der Waals surface area contributed by atoms with Crippen molar-refractivity contribution in [2.45, 2.75) is 38.0 Å². The Bertz CT molecular complexity index is 897. The van der Waals surface area contributed by atoms with Crippen molar-refractivity contribution in [3.8, 4) is 17.2 Å². The molecular formula is C23H28N2O5. The molecule has 2 aliphatic heterocycles. The normalized spacial score (nSPS) is 20.5. The summed E-state index contributed by atoms with van der Waals surface area (Å²) in [6, 6.07) is 11.4. The first-order chi connectivity index (χ1) is 14.5. The fourth-order valence-corrected chi connectivity index (χ4v) is 3.96. The molecule has 0 bridgehead atoms. The van der Waals surface area contributed by atoms with Gasteiger partial charge in [0.25, 0.3) is 0 Å². The zero-order chi connectivity index (χ0) is 21.1. The molecule has 7 heteroatoms. The summed E-state index contributed by atoms with van der Waals surface area (Å²) in [5, 5.41) is 10.0. The van der Waals surface area contributed by atoms with Crippen LogP contribution in [0.4, 0.5) is 0 Å². The smallest absolute Gasteiger partial charge is 0.342 e. The van der Waals surface area contributed by atoms with Gasteiger partial charge in [-0.1, -0.05) is 18.2 Å². The number of likely N-dealkylation sites (tertiary alicyclic amines) is 1. The third kappa shape index (κ3) is 4.52. The predicted octanol–water partition coefficient (Wildman–Crippen LogP) is 2.87. The van der Waals surface area contributed by atoms with E-state index in [1.165, 1.54) is 12.1 Å². The Labute approximate surface area is 176 Å². The van der Waals surface area contributed by atoms with Crippen molar-refractivity contribution in [3.63, 3.8) is 0 Å². The number of nitrogens with zero attached hydrogens (tertiary/aromatic N) is 1. The van der Waals surface area contributed by atoms with Gasteiger partial charge in [0.05, 0.1) is 6.04 Å². The Balaban J connectivity index is 1.60. The Kier molecular flexibility index (Phi) is 6.11. The molecule has 3 N–H and O–H groups in total.